The molecule has 3 rings (SSSR count). The second kappa shape index (κ2) is 8.21. The van der Waals surface area contributed by atoms with Crippen molar-refractivity contribution in [3.05, 3.63) is 38.8 Å². The van der Waals surface area contributed by atoms with Crippen LogP contribution in [0.1, 0.15) is 17.4 Å². The Bertz CT molecular complexity index is 1120. The van der Waals surface area contributed by atoms with E-state index >= 15 is 0 Å². The second-order valence-corrected chi connectivity index (χ2v) is 8.76. The quantitative estimate of drug-likeness (QED) is 0.258. The third-order valence-electron chi connectivity index (χ3n) is 4.34. The zero-order valence-corrected chi connectivity index (χ0v) is 17.8. The average Bonchev–Trinajstić information content (AvgIpc) is 2.95. The van der Waals surface area contributed by atoms with Crippen molar-refractivity contribution in [1.29, 1.82) is 0 Å². The van der Waals surface area contributed by atoms with Crippen LogP contribution < -0.4 is 15.8 Å². The minimum absolute atomic E-state index is 0.147. The first-order valence-corrected chi connectivity index (χ1v) is 10.2. The van der Waals surface area contributed by atoms with Crippen LogP contribution in [0, 0.1) is 24.0 Å². The number of nitrogens with two attached hydrogens (primary N) is 1. The Morgan fingerprint density at radius 3 is 2.76 bits per heavy atom. The van der Waals surface area contributed by atoms with Crippen molar-refractivity contribution in [2.24, 2.45) is 0 Å². The molecule has 0 spiro atoms. The number of nitrogen functional groups attached to an aromatic ring is 1. The first-order chi connectivity index (χ1) is 13.7. The monoisotopic (exact) mass is 433 g/mol. The maximum absolute atomic E-state index is 12.6. The Labute approximate surface area is 174 Å². The fraction of sp³-hybridized carbons (Fsp3) is 0.278. The fourth-order valence-electron chi connectivity index (χ4n) is 2.67. The van der Waals surface area contributed by atoms with Gasteiger partial charge in [-0.25, -0.2) is 9.97 Å². The van der Waals surface area contributed by atoms with Crippen LogP contribution in [0.2, 0.25) is 0 Å². The maximum Gasteiger partial charge on any atom is 0.271 e. The van der Waals surface area contributed by atoms with Gasteiger partial charge in [0.2, 0.25) is 5.91 Å². The third-order valence-corrected chi connectivity index (χ3v) is 6.40. The smallest absolute Gasteiger partial charge is 0.271 e. The predicted octanol–water partition coefficient (Wildman–Crippen LogP) is 3.93. The minimum Gasteiger partial charge on any atom is -0.495 e. The van der Waals surface area contributed by atoms with Crippen LogP contribution in [0.3, 0.4) is 0 Å². The summed E-state index contributed by atoms with van der Waals surface area (Å²) in [7, 11) is 1.42. The predicted molar refractivity (Wildman–Crippen MR) is 115 cm³/mol. The lowest BCUT2D eigenvalue weighted by atomic mass is 10.2. The normalized spacial score (nSPS) is 12.0. The van der Waals surface area contributed by atoms with E-state index in [1.54, 1.807) is 6.92 Å². The number of hydrogen-bond donors (Lipinski definition) is 2. The van der Waals surface area contributed by atoms with Crippen LogP contribution in [-0.2, 0) is 4.79 Å². The first-order valence-electron chi connectivity index (χ1n) is 8.54. The molecule has 2 heterocycles. The van der Waals surface area contributed by atoms with Gasteiger partial charge in [0.25, 0.3) is 5.69 Å². The number of fused-ring (bicyclic) bond motifs is 1. The van der Waals surface area contributed by atoms with E-state index in [4.69, 9.17) is 10.5 Å². The average molecular weight is 434 g/mol. The Morgan fingerprint density at radius 2 is 2.10 bits per heavy atom. The van der Waals surface area contributed by atoms with Gasteiger partial charge in [0, 0.05) is 17.0 Å². The van der Waals surface area contributed by atoms with Crippen LogP contribution in [-0.4, -0.2) is 33.2 Å². The summed E-state index contributed by atoms with van der Waals surface area (Å²) in [5.41, 5.74) is 7.22. The lowest BCUT2D eigenvalue weighted by molar-refractivity contribution is -0.384. The van der Waals surface area contributed by atoms with Crippen LogP contribution in [0.5, 0.6) is 5.75 Å². The molecule has 1 atom stereocenters. The highest BCUT2D eigenvalue weighted by Crippen LogP contribution is 2.35. The molecule has 29 heavy (non-hydrogen) atoms. The Morgan fingerprint density at radius 1 is 1.38 bits per heavy atom. The highest BCUT2D eigenvalue weighted by Gasteiger charge is 2.21. The number of amides is 1. The number of thiophene rings is 1. The summed E-state index contributed by atoms with van der Waals surface area (Å²) in [5.74, 6) is 0.342. The number of nitro benzene ring substituents is 1. The Kier molecular flexibility index (Phi) is 5.89. The molecule has 1 amide bonds. The molecule has 0 bridgehead atoms. The molecule has 2 aromatic heterocycles. The number of anilines is 2. The summed E-state index contributed by atoms with van der Waals surface area (Å²) >= 11 is 2.69. The molecule has 0 saturated heterocycles. The number of aryl methyl sites for hydroxylation is 2. The number of rotatable bonds is 6. The van der Waals surface area contributed by atoms with Crippen molar-refractivity contribution in [3.8, 4) is 5.75 Å². The Balaban J connectivity index is 1.80. The van der Waals surface area contributed by atoms with Gasteiger partial charge in [0.15, 0.2) is 5.16 Å². The van der Waals surface area contributed by atoms with Crippen LogP contribution in [0.25, 0.3) is 10.2 Å². The standard InChI is InChI=1S/C18H19N5O4S2/c1-8-9(2)28-17-14(8)15(19)21-18(22-17)29-10(3)16(24)20-12-7-11(23(25)26)5-6-13(12)27-4/h5-7,10H,1-4H3,(H,20,24)(H2,19,21,22). The number of nitrogens with one attached hydrogen (secondary N) is 1. The number of non-ortho nitro benzene ring substituents is 1. The molecule has 0 aliphatic heterocycles. The molecule has 3 aromatic rings. The molecule has 0 aliphatic carbocycles. The van der Waals surface area contributed by atoms with Crippen LogP contribution >= 0.6 is 23.1 Å². The molecule has 9 nitrogen and oxygen atoms in total. The van der Waals surface area contributed by atoms with Crippen molar-refractivity contribution in [2.45, 2.75) is 31.2 Å². The molecule has 0 saturated carbocycles. The number of benzene rings is 1. The van der Waals surface area contributed by atoms with E-state index in [0.29, 0.717) is 16.7 Å². The molecule has 0 radical (unpaired) electrons. The number of hydrogen-bond acceptors (Lipinski definition) is 9. The minimum atomic E-state index is -0.571. The van der Waals surface area contributed by atoms with Gasteiger partial charge >= 0.3 is 0 Å². The number of methoxy groups -OCH3 is 1. The summed E-state index contributed by atoms with van der Waals surface area (Å²) in [6.07, 6.45) is 0. The van der Waals surface area contributed by atoms with Crippen molar-refractivity contribution in [3.63, 3.8) is 0 Å². The summed E-state index contributed by atoms with van der Waals surface area (Å²) in [4.78, 5) is 33.8. The maximum atomic E-state index is 12.6. The second-order valence-electron chi connectivity index (χ2n) is 6.25. The van der Waals surface area contributed by atoms with Gasteiger partial charge in [-0.3, -0.25) is 14.9 Å². The lowest BCUT2D eigenvalue weighted by Crippen LogP contribution is -2.23. The van der Waals surface area contributed by atoms with E-state index in [1.165, 1.54) is 36.6 Å². The van der Waals surface area contributed by atoms with E-state index in [-0.39, 0.29) is 17.3 Å². The van der Waals surface area contributed by atoms with Crippen molar-refractivity contribution < 1.29 is 14.5 Å². The number of carbonyl (C=O) groups excluding carboxylic acids is 1. The van der Waals surface area contributed by atoms with Crippen LogP contribution in [0.15, 0.2) is 23.4 Å². The highest BCUT2D eigenvalue weighted by molar-refractivity contribution is 8.00. The van der Waals surface area contributed by atoms with Gasteiger partial charge < -0.3 is 15.8 Å². The fourth-order valence-corrected chi connectivity index (χ4v) is 4.54. The molecule has 1 aromatic carbocycles. The SMILES string of the molecule is COc1ccc([N+](=O)[O-])cc1NC(=O)C(C)Sc1nc(N)c2c(C)c(C)sc2n1. The van der Waals surface area contributed by atoms with Gasteiger partial charge in [0.05, 0.1) is 28.4 Å². The van der Waals surface area contributed by atoms with Gasteiger partial charge in [0.1, 0.15) is 16.4 Å². The number of nitrogens with zero attached hydrogens (tertiary/aromatic N) is 3. The van der Waals surface area contributed by atoms with Crippen molar-refractivity contribution in [1.82, 2.24) is 9.97 Å². The molecule has 152 valence electrons. The summed E-state index contributed by atoms with van der Waals surface area (Å²) in [6.45, 7) is 5.66. The van der Waals surface area contributed by atoms with E-state index in [2.05, 4.69) is 15.3 Å². The highest BCUT2D eigenvalue weighted by atomic mass is 32.2. The Hall–Kier alpha value is -2.92. The lowest BCUT2D eigenvalue weighted by Gasteiger charge is -2.13. The van der Waals surface area contributed by atoms with E-state index < -0.39 is 10.2 Å². The summed E-state index contributed by atoms with van der Waals surface area (Å²) < 4.78 is 5.17. The topological polar surface area (TPSA) is 133 Å². The molecule has 0 fully saturated rings. The van der Waals surface area contributed by atoms with Gasteiger partial charge in [-0.2, -0.15) is 0 Å². The van der Waals surface area contributed by atoms with Gasteiger partial charge in [-0.1, -0.05) is 11.8 Å². The largest absolute Gasteiger partial charge is 0.495 e. The number of nitro groups is 1. The van der Waals surface area contributed by atoms with Crippen molar-refractivity contribution in [2.75, 3.05) is 18.2 Å². The summed E-state index contributed by atoms with van der Waals surface area (Å²) in [6, 6.07) is 4.00. The molecule has 11 heteroatoms. The van der Waals surface area contributed by atoms with E-state index in [9.17, 15) is 14.9 Å². The third kappa shape index (κ3) is 4.25. The molecule has 0 aliphatic rings. The first kappa shape index (κ1) is 20.8. The van der Waals surface area contributed by atoms with Crippen molar-refractivity contribution >= 4 is 56.4 Å². The van der Waals surface area contributed by atoms with Crippen LogP contribution in [0.4, 0.5) is 17.2 Å². The summed E-state index contributed by atoms with van der Waals surface area (Å²) in [5, 5.41) is 14.3. The van der Waals surface area contributed by atoms with Gasteiger partial charge in [-0.05, 0) is 32.4 Å². The zero-order chi connectivity index (χ0) is 21.3. The van der Waals surface area contributed by atoms with E-state index in [1.807, 2.05) is 13.8 Å². The zero-order valence-electron chi connectivity index (χ0n) is 16.2. The number of carbonyl (C=O) groups is 1. The molecular weight excluding hydrogens is 414 g/mol. The molecular formula is C18H19N5O4S2. The molecule has 3 N–H and O–H groups in total. The number of thioether (sulfide) groups is 1. The molecule has 1 unspecified atom stereocenters. The number of aromatic nitrogens is 2. The van der Waals surface area contributed by atoms with Gasteiger partial charge in [-0.15, -0.1) is 11.3 Å². The number of ether oxygens (including phenoxy) is 1. The van der Waals surface area contributed by atoms with E-state index in [0.717, 1.165) is 32.4 Å².